The first-order valence-corrected chi connectivity index (χ1v) is 11.8. The summed E-state index contributed by atoms with van der Waals surface area (Å²) in [7, 11) is 0. The van der Waals surface area contributed by atoms with Gasteiger partial charge in [0.05, 0.1) is 5.92 Å². The van der Waals surface area contributed by atoms with E-state index in [1.807, 2.05) is 6.92 Å². The van der Waals surface area contributed by atoms with E-state index in [2.05, 4.69) is 20.8 Å². The highest BCUT2D eigenvalue weighted by atomic mass is 16.4. The van der Waals surface area contributed by atoms with Gasteiger partial charge in [0.15, 0.2) is 0 Å². The van der Waals surface area contributed by atoms with Crippen molar-refractivity contribution in [3.63, 3.8) is 0 Å². The number of Topliss-reactive ketones (excluding diaryl/α,β-unsaturated/α-hetero) is 2. The summed E-state index contributed by atoms with van der Waals surface area (Å²) in [6.45, 7) is 8.83. The van der Waals surface area contributed by atoms with Gasteiger partial charge in [-0.1, -0.05) is 27.7 Å². The maximum absolute atomic E-state index is 13.4. The second-order valence-corrected chi connectivity index (χ2v) is 11.5. The highest BCUT2D eigenvalue weighted by molar-refractivity contribution is 5.86. The molecule has 0 saturated heterocycles. The first-order chi connectivity index (χ1) is 13.6. The average molecular weight is 403 g/mol. The molecule has 29 heavy (non-hydrogen) atoms. The number of carbonyl (C=O) groups is 3. The molecule has 0 bridgehead atoms. The van der Waals surface area contributed by atoms with Crippen molar-refractivity contribution in [1.29, 1.82) is 0 Å². The Hall–Kier alpha value is -1.19. The lowest BCUT2D eigenvalue weighted by molar-refractivity contribution is -0.159. The molecule has 4 aliphatic carbocycles. The molecule has 0 aliphatic heterocycles. The van der Waals surface area contributed by atoms with Gasteiger partial charge in [0, 0.05) is 25.2 Å². The number of hydrogen-bond donors (Lipinski definition) is 1. The minimum Gasteiger partial charge on any atom is -0.481 e. The lowest BCUT2D eigenvalue weighted by Gasteiger charge is -2.59. The third-order valence-corrected chi connectivity index (χ3v) is 10.2. The highest BCUT2D eigenvalue weighted by Crippen LogP contribution is 2.67. The van der Waals surface area contributed by atoms with E-state index in [1.165, 1.54) is 0 Å². The molecule has 4 unspecified atom stereocenters. The van der Waals surface area contributed by atoms with Crippen LogP contribution in [0.25, 0.3) is 0 Å². The average Bonchev–Trinajstić information content (AvgIpc) is 3.00. The molecule has 0 spiro atoms. The van der Waals surface area contributed by atoms with Crippen LogP contribution in [0.1, 0.15) is 85.5 Å². The molecule has 0 amide bonds. The van der Waals surface area contributed by atoms with Gasteiger partial charge in [-0.25, -0.2) is 0 Å². The maximum Gasteiger partial charge on any atom is 0.306 e. The van der Waals surface area contributed by atoms with Crippen molar-refractivity contribution in [2.24, 2.45) is 52.3 Å². The van der Waals surface area contributed by atoms with Crippen LogP contribution in [0, 0.1) is 52.3 Å². The number of carboxylic acid groups (broad SMARTS) is 1. The summed E-state index contributed by atoms with van der Waals surface area (Å²) >= 11 is 0. The van der Waals surface area contributed by atoms with E-state index in [-0.39, 0.29) is 28.6 Å². The number of ketones is 2. The first kappa shape index (κ1) is 21.1. The zero-order chi connectivity index (χ0) is 21.1. The van der Waals surface area contributed by atoms with Crippen LogP contribution in [0.15, 0.2) is 0 Å². The summed E-state index contributed by atoms with van der Waals surface area (Å²) in [5, 5.41) is 9.35. The highest BCUT2D eigenvalue weighted by Gasteiger charge is 2.63. The number of rotatable bonds is 4. The van der Waals surface area contributed by atoms with Crippen molar-refractivity contribution in [2.45, 2.75) is 85.5 Å². The van der Waals surface area contributed by atoms with Crippen molar-refractivity contribution < 1.29 is 19.5 Å². The predicted molar refractivity (Wildman–Crippen MR) is 111 cm³/mol. The molecule has 4 fully saturated rings. The maximum atomic E-state index is 13.4. The normalized spacial score (nSPS) is 46.4. The van der Waals surface area contributed by atoms with Crippen molar-refractivity contribution in [1.82, 2.24) is 0 Å². The van der Waals surface area contributed by atoms with Crippen LogP contribution < -0.4 is 0 Å². The van der Waals surface area contributed by atoms with Gasteiger partial charge in [0.25, 0.3) is 0 Å². The van der Waals surface area contributed by atoms with Gasteiger partial charge in [-0.05, 0) is 78.9 Å². The Morgan fingerprint density at radius 2 is 1.72 bits per heavy atom. The third-order valence-electron chi connectivity index (χ3n) is 10.2. The van der Waals surface area contributed by atoms with Gasteiger partial charge in [-0.2, -0.15) is 0 Å². The lowest BCUT2D eigenvalue weighted by Crippen LogP contribution is -2.57. The standard InChI is InChI=1S/C25H38O4/c1-14(11-15(2)23(28)29)18-5-6-19-22-20(8-10-25(18,19)4)24(3)9-7-17(26)12-16(24)13-21(22)27/h14-16,18-20,22H,5-13H2,1-4H3,(H,28,29)/t14-,15+,16?,18-,19?,20?,22?,24+,25-/m1/s1. The van der Waals surface area contributed by atoms with Crippen LogP contribution in [-0.4, -0.2) is 22.6 Å². The van der Waals surface area contributed by atoms with Crippen LogP contribution >= 0.6 is 0 Å². The second-order valence-electron chi connectivity index (χ2n) is 11.5. The molecule has 4 saturated carbocycles. The Bertz CT molecular complexity index is 714. The summed E-state index contributed by atoms with van der Waals surface area (Å²) in [5.41, 5.74) is 0.303. The van der Waals surface area contributed by atoms with E-state index >= 15 is 0 Å². The smallest absolute Gasteiger partial charge is 0.306 e. The van der Waals surface area contributed by atoms with Gasteiger partial charge >= 0.3 is 5.97 Å². The molecule has 0 heterocycles. The largest absolute Gasteiger partial charge is 0.481 e. The monoisotopic (exact) mass is 402 g/mol. The van der Waals surface area contributed by atoms with Crippen LogP contribution in [0.4, 0.5) is 0 Å². The number of aliphatic carboxylic acids is 1. The van der Waals surface area contributed by atoms with E-state index in [0.29, 0.717) is 54.5 Å². The molecule has 0 aromatic carbocycles. The number of carboxylic acids is 1. The van der Waals surface area contributed by atoms with E-state index in [0.717, 1.165) is 38.5 Å². The van der Waals surface area contributed by atoms with Gasteiger partial charge in [-0.3, -0.25) is 14.4 Å². The van der Waals surface area contributed by atoms with E-state index in [4.69, 9.17) is 0 Å². The molecule has 0 aromatic rings. The van der Waals surface area contributed by atoms with Crippen LogP contribution in [-0.2, 0) is 14.4 Å². The van der Waals surface area contributed by atoms with Crippen LogP contribution in [0.3, 0.4) is 0 Å². The van der Waals surface area contributed by atoms with Crippen molar-refractivity contribution in [2.75, 3.05) is 0 Å². The van der Waals surface area contributed by atoms with Gasteiger partial charge in [0.1, 0.15) is 11.6 Å². The van der Waals surface area contributed by atoms with Crippen molar-refractivity contribution in [3.8, 4) is 0 Å². The molecule has 0 radical (unpaired) electrons. The Morgan fingerprint density at radius 3 is 2.41 bits per heavy atom. The Balaban J connectivity index is 1.57. The van der Waals surface area contributed by atoms with Crippen molar-refractivity contribution in [3.05, 3.63) is 0 Å². The molecular weight excluding hydrogens is 364 g/mol. The molecule has 9 atom stereocenters. The lowest BCUT2D eigenvalue weighted by atomic mass is 9.44. The molecule has 4 heteroatoms. The summed E-state index contributed by atoms with van der Waals surface area (Å²) < 4.78 is 0. The molecule has 1 N–H and O–H groups in total. The molecule has 4 nitrogen and oxygen atoms in total. The first-order valence-electron chi connectivity index (χ1n) is 11.8. The number of fused-ring (bicyclic) bond motifs is 5. The second kappa shape index (κ2) is 7.20. The van der Waals surface area contributed by atoms with E-state index < -0.39 is 5.97 Å². The molecular formula is C25H38O4. The molecule has 4 rings (SSSR count). The zero-order valence-electron chi connectivity index (χ0n) is 18.6. The molecule has 0 aromatic heterocycles. The summed E-state index contributed by atoms with van der Waals surface area (Å²) in [5.74, 6) is 1.96. The minimum atomic E-state index is -0.700. The quantitative estimate of drug-likeness (QED) is 0.707. The van der Waals surface area contributed by atoms with Gasteiger partial charge < -0.3 is 5.11 Å². The van der Waals surface area contributed by atoms with Crippen LogP contribution in [0.2, 0.25) is 0 Å². The predicted octanol–water partition coefficient (Wildman–Crippen LogP) is 5.14. The SMILES string of the molecule is C[C@H](C[C@H](C)C(=O)O)[C@H]1CCC2C3C(=O)CC4CC(=O)CC[C@]4(C)C3CC[C@@]21C. The third kappa shape index (κ3) is 3.20. The molecule has 162 valence electrons. The van der Waals surface area contributed by atoms with Crippen molar-refractivity contribution >= 4 is 17.5 Å². The van der Waals surface area contributed by atoms with E-state index in [1.54, 1.807) is 0 Å². The van der Waals surface area contributed by atoms with Gasteiger partial charge in [0.2, 0.25) is 0 Å². The Labute approximate surface area is 175 Å². The summed E-state index contributed by atoms with van der Waals surface area (Å²) in [4.78, 5) is 36.8. The fourth-order valence-corrected chi connectivity index (χ4v) is 8.52. The zero-order valence-corrected chi connectivity index (χ0v) is 18.6. The minimum absolute atomic E-state index is 0.148. The number of hydrogen-bond acceptors (Lipinski definition) is 3. The summed E-state index contributed by atoms with van der Waals surface area (Å²) in [6, 6.07) is 0. The fourth-order valence-electron chi connectivity index (χ4n) is 8.52. The number of carbonyl (C=O) groups excluding carboxylic acids is 2. The summed E-state index contributed by atoms with van der Waals surface area (Å²) in [6.07, 6.45) is 8.09. The van der Waals surface area contributed by atoms with Gasteiger partial charge in [-0.15, -0.1) is 0 Å². The Morgan fingerprint density at radius 1 is 1.03 bits per heavy atom. The molecule has 4 aliphatic rings. The topological polar surface area (TPSA) is 71.4 Å². The Kier molecular flexibility index (Phi) is 5.23. The van der Waals surface area contributed by atoms with E-state index in [9.17, 15) is 19.5 Å². The fraction of sp³-hybridized carbons (Fsp3) is 0.880. The van der Waals surface area contributed by atoms with Crippen LogP contribution in [0.5, 0.6) is 0 Å².